The fourth-order valence-electron chi connectivity index (χ4n) is 3.15. The molecule has 1 aliphatic rings. The third-order valence-electron chi connectivity index (χ3n) is 4.57. The van der Waals surface area contributed by atoms with Crippen LogP contribution in [0.5, 0.6) is 11.6 Å². The van der Waals surface area contributed by atoms with Crippen molar-refractivity contribution in [3.8, 4) is 11.6 Å². The number of hydrogen-bond donors (Lipinski definition) is 0. The molecule has 1 atom stereocenters. The number of carbonyl (C=O) groups is 1. The van der Waals surface area contributed by atoms with E-state index in [2.05, 4.69) is 10.1 Å². The van der Waals surface area contributed by atoms with Crippen LogP contribution >= 0.6 is 0 Å². The highest BCUT2D eigenvalue weighted by atomic mass is 19.1. The van der Waals surface area contributed by atoms with Crippen molar-refractivity contribution in [3.63, 3.8) is 0 Å². The molecule has 0 unspecified atom stereocenters. The number of nitrogens with zero attached hydrogens (tertiary/aromatic N) is 4. The van der Waals surface area contributed by atoms with Gasteiger partial charge in [0.2, 0.25) is 5.88 Å². The molecular formula is C20H19FN4O3. The van der Waals surface area contributed by atoms with Gasteiger partial charge in [0.15, 0.2) is 0 Å². The molecule has 2 aromatic heterocycles. The zero-order valence-electron chi connectivity index (χ0n) is 15.5. The second-order valence-electron chi connectivity index (χ2n) is 6.53. The zero-order chi connectivity index (χ0) is 19.7. The maximum absolute atomic E-state index is 13.0. The predicted octanol–water partition coefficient (Wildman–Crippen LogP) is 3.23. The average molecular weight is 382 g/mol. The van der Waals surface area contributed by atoms with Crippen molar-refractivity contribution in [2.24, 2.45) is 0 Å². The molecular weight excluding hydrogens is 363 g/mol. The van der Waals surface area contributed by atoms with Gasteiger partial charge in [-0.15, -0.1) is 0 Å². The lowest BCUT2D eigenvalue weighted by Crippen LogP contribution is -2.42. The van der Waals surface area contributed by atoms with Crippen molar-refractivity contribution in [1.82, 2.24) is 14.8 Å². The highest BCUT2D eigenvalue weighted by Gasteiger charge is 2.31. The molecule has 144 valence electrons. The number of aromatic nitrogens is 3. The highest BCUT2D eigenvalue weighted by Crippen LogP contribution is 2.28. The molecule has 8 heteroatoms. The third-order valence-corrected chi connectivity index (χ3v) is 4.57. The molecule has 4 rings (SSSR count). The SMILES string of the molecule is COc1ccc(N2C[C@@H](C)n3nc(COc4ccc(F)cn4)cc3C2=O)cc1. The fourth-order valence-corrected chi connectivity index (χ4v) is 3.15. The summed E-state index contributed by atoms with van der Waals surface area (Å²) in [6.45, 7) is 2.66. The average Bonchev–Trinajstić information content (AvgIpc) is 3.16. The number of ether oxygens (including phenoxy) is 2. The first-order valence-electron chi connectivity index (χ1n) is 8.84. The second-order valence-corrected chi connectivity index (χ2v) is 6.53. The molecule has 0 saturated heterocycles. The van der Waals surface area contributed by atoms with Gasteiger partial charge in [-0.3, -0.25) is 9.48 Å². The lowest BCUT2D eigenvalue weighted by atomic mass is 10.1. The van der Waals surface area contributed by atoms with Crippen molar-refractivity contribution in [1.29, 1.82) is 0 Å². The molecule has 0 saturated carbocycles. The van der Waals surface area contributed by atoms with E-state index in [0.717, 1.165) is 17.6 Å². The summed E-state index contributed by atoms with van der Waals surface area (Å²) >= 11 is 0. The van der Waals surface area contributed by atoms with Gasteiger partial charge in [0.05, 0.1) is 19.3 Å². The van der Waals surface area contributed by atoms with Gasteiger partial charge >= 0.3 is 0 Å². The van der Waals surface area contributed by atoms with Crippen LogP contribution in [0.2, 0.25) is 0 Å². The van der Waals surface area contributed by atoms with Gasteiger partial charge in [-0.05, 0) is 43.3 Å². The Bertz CT molecular complexity index is 986. The topological polar surface area (TPSA) is 69.5 Å². The van der Waals surface area contributed by atoms with E-state index in [9.17, 15) is 9.18 Å². The van der Waals surface area contributed by atoms with E-state index in [0.29, 0.717) is 23.8 Å². The van der Waals surface area contributed by atoms with Crippen molar-refractivity contribution in [2.75, 3.05) is 18.6 Å². The lowest BCUT2D eigenvalue weighted by molar-refractivity contribution is 0.0953. The van der Waals surface area contributed by atoms with E-state index >= 15 is 0 Å². The number of halogens is 1. The first kappa shape index (κ1) is 18.0. The Hall–Kier alpha value is -3.42. The Morgan fingerprint density at radius 2 is 2.00 bits per heavy atom. The molecule has 0 bridgehead atoms. The van der Waals surface area contributed by atoms with Gasteiger partial charge in [0, 0.05) is 18.3 Å². The zero-order valence-corrected chi connectivity index (χ0v) is 15.5. The molecule has 1 amide bonds. The number of methoxy groups -OCH3 is 1. The number of anilines is 1. The monoisotopic (exact) mass is 382 g/mol. The summed E-state index contributed by atoms with van der Waals surface area (Å²) in [7, 11) is 1.60. The molecule has 0 spiro atoms. The Kier molecular flexibility index (Phi) is 4.68. The summed E-state index contributed by atoms with van der Waals surface area (Å²) < 4.78 is 25.4. The maximum Gasteiger partial charge on any atom is 0.276 e. The van der Waals surface area contributed by atoms with Crippen LogP contribution < -0.4 is 14.4 Å². The molecule has 3 heterocycles. The number of fused-ring (bicyclic) bond motifs is 1. The molecule has 0 fully saturated rings. The standard InChI is InChI=1S/C20H19FN4O3/c1-13-11-24(16-4-6-17(27-2)7-5-16)20(26)18-9-15(23-25(13)18)12-28-19-8-3-14(21)10-22-19/h3-10,13H,11-12H2,1-2H3/t13-/m1/s1. The van der Waals surface area contributed by atoms with Crippen LogP contribution in [0.3, 0.4) is 0 Å². The van der Waals surface area contributed by atoms with Gasteiger partial charge in [-0.2, -0.15) is 5.10 Å². The summed E-state index contributed by atoms with van der Waals surface area (Å²) in [6, 6.07) is 11.8. The number of carbonyl (C=O) groups excluding carboxylic acids is 1. The minimum atomic E-state index is -0.428. The van der Waals surface area contributed by atoms with E-state index in [1.165, 1.54) is 12.1 Å². The van der Waals surface area contributed by atoms with E-state index in [1.54, 1.807) is 22.8 Å². The number of hydrogen-bond acceptors (Lipinski definition) is 5. The Balaban J connectivity index is 1.53. The number of pyridine rings is 1. The predicted molar refractivity (Wildman–Crippen MR) is 100 cm³/mol. The number of benzene rings is 1. The van der Waals surface area contributed by atoms with Gasteiger partial charge in [-0.1, -0.05) is 0 Å². The van der Waals surface area contributed by atoms with E-state index in [4.69, 9.17) is 9.47 Å². The summed E-state index contributed by atoms with van der Waals surface area (Å²) in [5.74, 6) is 0.483. The van der Waals surface area contributed by atoms with Crippen LogP contribution in [-0.2, 0) is 6.61 Å². The minimum absolute atomic E-state index is 0.00694. The Labute approximate surface area is 161 Å². The highest BCUT2D eigenvalue weighted by molar-refractivity contribution is 6.05. The minimum Gasteiger partial charge on any atom is -0.497 e. The van der Waals surface area contributed by atoms with Crippen molar-refractivity contribution >= 4 is 11.6 Å². The third kappa shape index (κ3) is 3.40. The van der Waals surface area contributed by atoms with Gasteiger partial charge in [0.25, 0.3) is 5.91 Å². The van der Waals surface area contributed by atoms with Crippen molar-refractivity contribution < 1.29 is 18.7 Å². The molecule has 0 aliphatic carbocycles. The van der Waals surface area contributed by atoms with Crippen LogP contribution in [0.25, 0.3) is 0 Å². The summed E-state index contributed by atoms with van der Waals surface area (Å²) in [5, 5.41) is 4.49. The smallest absolute Gasteiger partial charge is 0.276 e. The van der Waals surface area contributed by atoms with Gasteiger partial charge in [0.1, 0.15) is 29.6 Å². The summed E-state index contributed by atoms with van der Waals surface area (Å²) in [6.07, 6.45) is 1.09. The van der Waals surface area contributed by atoms with E-state index < -0.39 is 5.82 Å². The quantitative estimate of drug-likeness (QED) is 0.678. The van der Waals surface area contributed by atoms with Crippen LogP contribution in [-0.4, -0.2) is 34.3 Å². The molecule has 28 heavy (non-hydrogen) atoms. The first-order chi connectivity index (χ1) is 13.5. The van der Waals surface area contributed by atoms with E-state index in [-0.39, 0.29) is 18.6 Å². The molecule has 7 nitrogen and oxygen atoms in total. The molecule has 0 radical (unpaired) electrons. The van der Waals surface area contributed by atoms with Crippen LogP contribution in [0.15, 0.2) is 48.7 Å². The van der Waals surface area contributed by atoms with Crippen LogP contribution in [0.4, 0.5) is 10.1 Å². The maximum atomic E-state index is 13.0. The second kappa shape index (κ2) is 7.30. The van der Waals surface area contributed by atoms with Gasteiger partial charge < -0.3 is 14.4 Å². The van der Waals surface area contributed by atoms with Crippen molar-refractivity contribution in [3.05, 3.63) is 65.9 Å². The van der Waals surface area contributed by atoms with Gasteiger partial charge in [-0.25, -0.2) is 9.37 Å². The molecule has 3 aromatic rings. The van der Waals surface area contributed by atoms with Crippen molar-refractivity contribution in [2.45, 2.75) is 19.6 Å². The fraction of sp³-hybridized carbons (Fsp3) is 0.250. The lowest BCUT2D eigenvalue weighted by Gasteiger charge is -2.31. The largest absolute Gasteiger partial charge is 0.497 e. The van der Waals surface area contributed by atoms with E-state index in [1.807, 2.05) is 31.2 Å². The van der Waals surface area contributed by atoms with Crippen LogP contribution in [0, 0.1) is 5.82 Å². The first-order valence-corrected chi connectivity index (χ1v) is 8.84. The summed E-state index contributed by atoms with van der Waals surface area (Å²) in [5.41, 5.74) is 1.91. The van der Waals surface area contributed by atoms with Crippen LogP contribution in [0.1, 0.15) is 29.1 Å². The number of amides is 1. The molecule has 1 aromatic carbocycles. The molecule has 1 aliphatic heterocycles. The Morgan fingerprint density at radius 1 is 1.21 bits per heavy atom. The Morgan fingerprint density at radius 3 is 2.68 bits per heavy atom. The normalized spacial score (nSPS) is 16.0. The summed E-state index contributed by atoms with van der Waals surface area (Å²) in [4.78, 5) is 18.6. The molecule has 0 N–H and O–H groups in total. The number of rotatable bonds is 5.